The zero-order chi connectivity index (χ0) is 8.55. The molecule has 12 heavy (non-hydrogen) atoms. The van der Waals surface area contributed by atoms with Crippen molar-refractivity contribution in [3.05, 3.63) is 17.0 Å². The molecule has 3 heteroatoms. The van der Waals surface area contributed by atoms with Gasteiger partial charge in [-0.25, -0.2) is 0 Å². The van der Waals surface area contributed by atoms with Gasteiger partial charge in [0.1, 0.15) is 0 Å². The van der Waals surface area contributed by atoms with Crippen LogP contribution >= 0.6 is 0 Å². The molecular formula is C9H15N3. The molecule has 0 radical (unpaired) electrons. The number of hydrogen-bond donors (Lipinski definition) is 1. The smallest absolute Gasteiger partial charge is 0.0667 e. The molecule has 0 atom stereocenters. The lowest BCUT2D eigenvalue weighted by Gasteiger charge is -2.22. The first kappa shape index (κ1) is 7.80. The number of nitrogens with one attached hydrogen (secondary N) is 1. The van der Waals surface area contributed by atoms with Gasteiger partial charge in [-0.15, -0.1) is 0 Å². The van der Waals surface area contributed by atoms with Crippen molar-refractivity contribution in [1.29, 1.82) is 0 Å². The minimum absolute atomic E-state index is 1.04. The summed E-state index contributed by atoms with van der Waals surface area (Å²) in [6.07, 6.45) is 2.17. The zero-order valence-corrected chi connectivity index (χ0v) is 7.72. The molecule has 0 bridgehead atoms. The second-order valence-electron chi connectivity index (χ2n) is 3.47. The molecule has 0 spiro atoms. The predicted octanol–water partition coefficient (Wildman–Crippen LogP) is 0.960. The summed E-state index contributed by atoms with van der Waals surface area (Å²) in [5.74, 6) is 0. The van der Waals surface area contributed by atoms with Crippen molar-refractivity contribution >= 4 is 0 Å². The fourth-order valence-corrected chi connectivity index (χ4v) is 1.78. The van der Waals surface area contributed by atoms with E-state index in [-0.39, 0.29) is 0 Å². The van der Waals surface area contributed by atoms with Crippen molar-refractivity contribution in [2.24, 2.45) is 0 Å². The second-order valence-corrected chi connectivity index (χ2v) is 3.47. The average Bonchev–Trinajstić information content (AvgIpc) is 2.46. The van der Waals surface area contributed by atoms with Gasteiger partial charge in [0.05, 0.1) is 5.69 Å². The fourth-order valence-electron chi connectivity index (χ4n) is 1.78. The van der Waals surface area contributed by atoms with E-state index in [1.165, 1.54) is 17.0 Å². The molecule has 0 saturated heterocycles. The molecule has 1 aromatic rings. The van der Waals surface area contributed by atoms with E-state index >= 15 is 0 Å². The number of rotatable bonds is 1. The van der Waals surface area contributed by atoms with Crippen LogP contribution in [0, 0.1) is 0 Å². The number of likely N-dealkylation sites (N-methyl/N-ethyl adjacent to an activating group) is 1. The Labute approximate surface area is 72.8 Å². The van der Waals surface area contributed by atoms with E-state index in [2.05, 4.69) is 29.1 Å². The van der Waals surface area contributed by atoms with E-state index in [1.807, 2.05) is 0 Å². The molecule has 66 valence electrons. The van der Waals surface area contributed by atoms with Crippen LogP contribution in [-0.4, -0.2) is 28.7 Å². The third-order valence-electron chi connectivity index (χ3n) is 2.54. The molecule has 0 aliphatic carbocycles. The summed E-state index contributed by atoms with van der Waals surface area (Å²) in [6.45, 7) is 4.37. The first-order valence-corrected chi connectivity index (χ1v) is 4.54. The van der Waals surface area contributed by atoms with Crippen LogP contribution in [0.2, 0.25) is 0 Å². The number of hydrogen-bond acceptors (Lipinski definition) is 2. The van der Waals surface area contributed by atoms with E-state index in [9.17, 15) is 0 Å². The average molecular weight is 165 g/mol. The molecule has 2 rings (SSSR count). The summed E-state index contributed by atoms with van der Waals surface area (Å²) in [7, 11) is 2.16. The highest BCUT2D eigenvalue weighted by molar-refractivity contribution is 5.27. The number of aromatic amines is 1. The number of aromatic nitrogens is 2. The van der Waals surface area contributed by atoms with Crippen LogP contribution in [0.4, 0.5) is 0 Å². The van der Waals surface area contributed by atoms with E-state index in [0.717, 1.165) is 25.9 Å². The van der Waals surface area contributed by atoms with Crippen LogP contribution in [0.1, 0.15) is 23.9 Å². The fraction of sp³-hybridized carbons (Fsp3) is 0.667. The van der Waals surface area contributed by atoms with E-state index in [4.69, 9.17) is 0 Å². The Morgan fingerprint density at radius 3 is 3.17 bits per heavy atom. The normalized spacial score (nSPS) is 17.8. The van der Waals surface area contributed by atoms with Gasteiger partial charge >= 0.3 is 0 Å². The number of nitrogens with zero attached hydrogens (tertiary/aromatic N) is 2. The lowest BCUT2D eigenvalue weighted by molar-refractivity contribution is 0.311. The van der Waals surface area contributed by atoms with Crippen molar-refractivity contribution in [2.75, 3.05) is 13.6 Å². The summed E-state index contributed by atoms with van der Waals surface area (Å²) in [5, 5.41) is 7.42. The Bertz CT molecular complexity index is 264. The molecule has 1 aliphatic heterocycles. The maximum absolute atomic E-state index is 4.30. The summed E-state index contributed by atoms with van der Waals surface area (Å²) in [5.41, 5.74) is 4.03. The van der Waals surface area contributed by atoms with Crippen molar-refractivity contribution in [3.8, 4) is 0 Å². The molecule has 0 aromatic carbocycles. The van der Waals surface area contributed by atoms with E-state index < -0.39 is 0 Å². The third kappa shape index (κ3) is 1.14. The first-order valence-electron chi connectivity index (χ1n) is 4.54. The highest BCUT2D eigenvalue weighted by Gasteiger charge is 2.18. The van der Waals surface area contributed by atoms with Gasteiger partial charge < -0.3 is 4.90 Å². The highest BCUT2D eigenvalue weighted by Crippen LogP contribution is 2.19. The molecule has 3 nitrogen and oxygen atoms in total. The largest absolute Gasteiger partial charge is 0.302 e. The van der Waals surface area contributed by atoms with Crippen molar-refractivity contribution < 1.29 is 0 Å². The molecule has 1 N–H and O–H groups in total. The van der Waals surface area contributed by atoms with Crippen molar-refractivity contribution in [3.63, 3.8) is 0 Å². The van der Waals surface area contributed by atoms with Crippen molar-refractivity contribution in [2.45, 2.75) is 26.3 Å². The second kappa shape index (κ2) is 2.90. The Balaban J connectivity index is 2.34. The van der Waals surface area contributed by atoms with Crippen LogP contribution in [0.3, 0.4) is 0 Å². The molecule has 0 saturated carbocycles. The zero-order valence-electron chi connectivity index (χ0n) is 7.72. The highest BCUT2D eigenvalue weighted by atomic mass is 15.2. The van der Waals surface area contributed by atoms with Crippen LogP contribution in [0.5, 0.6) is 0 Å². The Morgan fingerprint density at radius 2 is 2.42 bits per heavy atom. The topological polar surface area (TPSA) is 31.9 Å². The van der Waals surface area contributed by atoms with E-state index in [1.54, 1.807) is 0 Å². The first-order chi connectivity index (χ1) is 5.81. The number of aryl methyl sites for hydroxylation is 1. The minimum Gasteiger partial charge on any atom is -0.302 e. The molecule has 0 fully saturated rings. The van der Waals surface area contributed by atoms with Gasteiger partial charge in [-0.2, -0.15) is 5.10 Å². The summed E-state index contributed by atoms with van der Waals surface area (Å²) in [4.78, 5) is 2.34. The summed E-state index contributed by atoms with van der Waals surface area (Å²) < 4.78 is 0. The van der Waals surface area contributed by atoms with Gasteiger partial charge in [-0.1, -0.05) is 6.92 Å². The predicted molar refractivity (Wildman–Crippen MR) is 48.0 cm³/mol. The minimum atomic E-state index is 1.04. The molecule has 1 aromatic heterocycles. The molecule has 2 heterocycles. The Kier molecular flexibility index (Phi) is 1.89. The van der Waals surface area contributed by atoms with Gasteiger partial charge in [-0.05, 0) is 13.5 Å². The van der Waals surface area contributed by atoms with Gasteiger partial charge in [-0.3, -0.25) is 5.10 Å². The van der Waals surface area contributed by atoms with Crippen molar-refractivity contribution in [1.82, 2.24) is 15.1 Å². The standard InChI is InChI=1S/C9H15N3/c1-3-8-7-6-12(2)5-4-9(7)11-10-8/h3-6H2,1-2H3,(H,10,11). The van der Waals surface area contributed by atoms with Crippen LogP contribution in [-0.2, 0) is 19.4 Å². The quantitative estimate of drug-likeness (QED) is 0.672. The van der Waals surface area contributed by atoms with Crippen LogP contribution in [0.25, 0.3) is 0 Å². The van der Waals surface area contributed by atoms with Gasteiger partial charge in [0.25, 0.3) is 0 Å². The Hall–Kier alpha value is -0.830. The monoisotopic (exact) mass is 165 g/mol. The van der Waals surface area contributed by atoms with Gasteiger partial charge in [0.15, 0.2) is 0 Å². The number of fused-ring (bicyclic) bond motifs is 1. The third-order valence-corrected chi connectivity index (χ3v) is 2.54. The lowest BCUT2D eigenvalue weighted by atomic mass is 10.1. The maximum atomic E-state index is 4.30. The van der Waals surface area contributed by atoms with Gasteiger partial charge in [0.2, 0.25) is 0 Å². The molecule has 0 unspecified atom stereocenters. The SMILES string of the molecule is CCc1n[nH]c2c1CN(C)CC2. The summed E-state index contributed by atoms with van der Waals surface area (Å²) >= 11 is 0. The molecule has 1 aliphatic rings. The molecule has 0 amide bonds. The molecular weight excluding hydrogens is 150 g/mol. The summed E-state index contributed by atoms with van der Waals surface area (Å²) in [6, 6.07) is 0. The van der Waals surface area contributed by atoms with Gasteiger partial charge in [0, 0.05) is 30.8 Å². The number of H-pyrrole nitrogens is 1. The Morgan fingerprint density at radius 1 is 1.58 bits per heavy atom. The lowest BCUT2D eigenvalue weighted by Crippen LogP contribution is -2.26. The maximum Gasteiger partial charge on any atom is 0.0667 e. The van der Waals surface area contributed by atoms with Crippen LogP contribution < -0.4 is 0 Å². The van der Waals surface area contributed by atoms with E-state index in [0.29, 0.717) is 0 Å². The van der Waals surface area contributed by atoms with Crippen LogP contribution in [0.15, 0.2) is 0 Å².